The molecule has 0 aliphatic heterocycles. The minimum absolute atomic E-state index is 0.0242. The first kappa shape index (κ1) is 22.9. The molecule has 0 spiro atoms. The highest BCUT2D eigenvalue weighted by atomic mass is 35.5. The first-order valence-corrected chi connectivity index (χ1v) is 11.1. The minimum Gasteiger partial charge on any atom is -0.463 e. The predicted octanol–water partition coefficient (Wildman–Crippen LogP) is 7.12. The van der Waals surface area contributed by atoms with Crippen LogP contribution in [0.25, 0.3) is 0 Å². The van der Waals surface area contributed by atoms with Crippen molar-refractivity contribution in [2.24, 2.45) is 5.92 Å². The zero-order valence-electron chi connectivity index (χ0n) is 16.9. The maximum absolute atomic E-state index is 12.5. The lowest BCUT2D eigenvalue weighted by Crippen LogP contribution is -2.25. The number of benzene rings is 2. The number of carbonyl (C=O) groups is 2. The minimum atomic E-state index is -0.313. The van der Waals surface area contributed by atoms with Crippen LogP contribution in [0.3, 0.4) is 0 Å². The van der Waals surface area contributed by atoms with Crippen LogP contribution in [0.15, 0.2) is 36.4 Å². The van der Waals surface area contributed by atoms with E-state index in [4.69, 9.17) is 39.5 Å². The largest absolute Gasteiger partial charge is 0.463 e. The van der Waals surface area contributed by atoms with E-state index in [2.05, 4.69) is 5.32 Å². The number of rotatable bonds is 5. The average molecular weight is 469 g/mol. The summed E-state index contributed by atoms with van der Waals surface area (Å²) >= 11 is 18.3. The van der Waals surface area contributed by atoms with Gasteiger partial charge >= 0.3 is 5.97 Å². The SMILES string of the molecule is CC(C)OC(=O)C1CCC(c2ccc(NC(=O)c3ccc(Cl)c(Cl)c3)c(Cl)c2)CC1. The van der Waals surface area contributed by atoms with Crippen molar-refractivity contribution in [3.05, 3.63) is 62.6 Å². The van der Waals surface area contributed by atoms with Crippen LogP contribution < -0.4 is 5.32 Å². The second-order valence-corrected chi connectivity index (χ2v) is 9.08. The van der Waals surface area contributed by atoms with Crippen molar-refractivity contribution in [3.8, 4) is 0 Å². The van der Waals surface area contributed by atoms with Gasteiger partial charge in [0.05, 0.1) is 32.8 Å². The summed E-state index contributed by atoms with van der Waals surface area (Å²) in [7, 11) is 0. The third-order valence-corrected chi connectivity index (χ3v) is 6.36. The molecule has 2 aromatic carbocycles. The van der Waals surface area contributed by atoms with E-state index >= 15 is 0 Å². The molecule has 1 amide bonds. The van der Waals surface area contributed by atoms with Gasteiger partial charge in [-0.1, -0.05) is 40.9 Å². The monoisotopic (exact) mass is 467 g/mol. The fraction of sp³-hybridized carbons (Fsp3) is 0.391. The summed E-state index contributed by atoms with van der Waals surface area (Å²) in [5.41, 5.74) is 2.05. The van der Waals surface area contributed by atoms with E-state index in [0.717, 1.165) is 31.2 Å². The molecule has 1 saturated carbocycles. The topological polar surface area (TPSA) is 55.4 Å². The smallest absolute Gasteiger partial charge is 0.309 e. The van der Waals surface area contributed by atoms with E-state index in [1.54, 1.807) is 12.1 Å². The van der Waals surface area contributed by atoms with Crippen LogP contribution >= 0.6 is 34.8 Å². The number of carbonyl (C=O) groups excluding carboxylic acids is 2. The van der Waals surface area contributed by atoms with Gasteiger partial charge in [0.1, 0.15) is 0 Å². The summed E-state index contributed by atoms with van der Waals surface area (Å²) < 4.78 is 5.34. The Labute approximate surface area is 191 Å². The van der Waals surface area contributed by atoms with Gasteiger partial charge in [-0.15, -0.1) is 0 Å². The van der Waals surface area contributed by atoms with Gasteiger partial charge in [-0.3, -0.25) is 9.59 Å². The Morgan fingerprint density at radius 1 is 0.933 bits per heavy atom. The highest BCUT2D eigenvalue weighted by Gasteiger charge is 2.28. The molecule has 1 N–H and O–H groups in total. The first-order valence-electron chi connectivity index (χ1n) is 10.0. The Hall–Kier alpha value is -1.75. The van der Waals surface area contributed by atoms with E-state index in [0.29, 0.717) is 32.2 Å². The molecule has 160 valence electrons. The Bertz CT molecular complexity index is 937. The Morgan fingerprint density at radius 3 is 2.23 bits per heavy atom. The van der Waals surface area contributed by atoms with Crippen molar-refractivity contribution >= 4 is 52.4 Å². The number of halogens is 3. The molecular formula is C23H24Cl3NO3. The maximum Gasteiger partial charge on any atom is 0.309 e. The molecule has 2 aromatic rings. The van der Waals surface area contributed by atoms with E-state index in [9.17, 15) is 9.59 Å². The molecule has 4 nitrogen and oxygen atoms in total. The van der Waals surface area contributed by atoms with Crippen molar-refractivity contribution < 1.29 is 14.3 Å². The Balaban J connectivity index is 1.62. The zero-order valence-corrected chi connectivity index (χ0v) is 19.2. The summed E-state index contributed by atoms with van der Waals surface area (Å²) in [6.45, 7) is 3.74. The van der Waals surface area contributed by atoms with Crippen LogP contribution in [0.5, 0.6) is 0 Å². The molecule has 0 aromatic heterocycles. The van der Waals surface area contributed by atoms with Gasteiger partial charge in [0, 0.05) is 5.56 Å². The number of hydrogen-bond donors (Lipinski definition) is 1. The van der Waals surface area contributed by atoms with Crippen molar-refractivity contribution in [3.63, 3.8) is 0 Å². The highest BCUT2D eigenvalue weighted by molar-refractivity contribution is 6.42. The van der Waals surface area contributed by atoms with Gasteiger partial charge in [0.15, 0.2) is 0 Å². The molecule has 30 heavy (non-hydrogen) atoms. The number of nitrogens with one attached hydrogen (secondary N) is 1. The lowest BCUT2D eigenvalue weighted by Gasteiger charge is -2.28. The molecule has 7 heteroatoms. The molecule has 0 saturated heterocycles. The maximum atomic E-state index is 12.5. The number of esters is 1. The Morgan fingerprint density at radius 2 is 1.63 bits per heavy atom. The lowest BCUT2D eigenvalue weighted by molar-refractivity contribution is -0.153. The Kier molecular flexibility index (Phi) is 7.67. The molecule has 1 aliphatic rings. The van der Waals surface area contributed by atoms with Crippen molar-refractivity contribution in [1.82, 2.24) is 0 Å². The van der Waals surface area contributed by atoms with Crippen molar-refractivity contribution in [1.29, 1.82) is 0 Å². The number of hydrogen-bond acceptors (Lipinski definition) is 3. The van der Waals surface area contributed by atoms with Gasteiger partial charge in [0.2, 0.25) is 0 Å². The van der Waals surface area contributed by atoms with Gasteiger partial charge in [-0.25, -0.2) is 0 Å². The molecule has 0 atom stereocenters. The molecule has 1 fully saturated rings. The lowest BCUT2D eigenvalue weighted by atomic mass is 9.78. The second kappa shape index (κ2) is 10.0. The van der Waals surface area contributed by atoms with Crippen molar-refractivity contribution in [2.45, 2.75) is 51.6 Å². The third kappa shape index (κ3) is 5.69. The number of ether oxygens (including phenoxy) is 1. The van der Waals surface area contributed by atoms with Crippen LogP contribution in [-0.2, 0) is 9.53 Å². The van der Waals surface area contributed by atoms with E-state index < -0.39 is 0 Å². The molecule has 0 unspecified atom stereocenters. The van der Waals surface area contributed by atoms with Gasteiger partial charge < -0.3 is 10.1 Å². The fourth-order valence-corrected chi connectivity index (χ4v) is 4.24. The number of anilines is 1. The quantitative estimate of drug-likeness (QED) is 0.475. The number of amides is 1. The predicted molar refractivity (Wildman–Crippen MR) is 122 cm³/mol. The van der Waals surface area contributed by atoms with Crippen LogP contribution in [0.4, 0.5) is 5.69 Å². The third-order valence-electron chi connectivity index (χ3n) is 5.31. The molecule has 3 rings (SSSR count). The average Bonchev–Trinajstić information content (AvgIpc) is 2.71. The summed E-state index contributed by atoms with van der Waals surface area (Å²) in [5.74, 6) is -0.0939. The standard InChI is InChI=1S/C23H24Cl3NO3/c1-13(2)30-23(29)15-5-3-14(4-6-15)16-8-10-21(20(26)11-16)27-22(28)17-7-9-18(24)19(25)12-17/h7-15H,3-6H2,1-2H3,(H,27,28). The van der Waals surface area contributed by atoms with E-state index in [1.165, 1.54) is 6.07 Å². The van der Waals surface area contributed by atoms with Crippen molar-refractivity contribution in [2.75, 3.05) is 5.32 Å². The fourth-order valence-electron chi connectivity index (χ4n) is 3.71. The molecule has 0 bridgehead atoms. The normalized spacial score (nSPS) is 18.9. The van der Waals surface area contributed by atoms with Gasteiger partial charge in [-0.2, -0.15) is 0 Å². The van der Waals surface area contributed by atoms with Crippen LogP contribution in [0, 0.1) is 5.92 Å². The van der Waals surface area contributed by atoms with E-state index in [1.807, 2.05) is 32.0 Å². The van der Waals surface area contributed by atoms with E-state index in [-0.39, 0.29) is 23.9 Å². The molecular weight excluding hydrogens is 445 g/mol. The summed E-state index contributed by atoms with van der Waals surface area (Å²) in [4.78, 5) is 24.6. The van der Waals surface area contributed by atoms with Gasteiger partial charge in [-0.05, 0) is 81.3 Å². The van der Waals surface area contributed by atoms with Crippen LogP contribution in [-0.4, -0.2) is 18.0 Å². The first-order chi connectivity index (χ1) is 14.2. The molecule has 0 heterocycles. The van der Waals surface area contributed by atoms with Crippen LogP contribution in [0.2, 0.25) is 15.1 Å². The molecule has 0 radical (unpaired) electrons. The summed E-state index contributed by atoms with van der Waals surface area (Å²) in [5, 5.41) is 3.99. The van der Waals surface area contributed by atoms with Crippen LogP contribution in [0.1, 0.15) is 61.4 Å². The zero-order chi connectivity index (χ0) is 21.8. The highest BCUT2D eigenvalue weighted by Crippen LogP contribution is 2.38. The molecule has 1 aliphatic carbocycles. The summed E-state index contributed by atoms with van der Waals surface area (Å²) in [6, 6.07) is 10.4. The van der Waals surface area contributed by atoms with Gasteiger partial charge in [0.25, 0.3) is 5.91 Å². The second-order valence-electron chi connectivity index (χ2n) is 7.86. The summed E-state index contributed by atoms with van der Waals surface area (Å²) in [6.07, 6.45) is 3.35.